The SMILES string of the molecule is CCCC(C)(C)CNc1cc(N(C)CCO)ncn1. The molecule has 0 unspecified atom stereocenters. The second kappa shape index (κ2) is 7.28. The van der Waals surface area contributed by atoms with Crippen molar-refractivity contribution in [3.05, 3.63) is 12.4 Å². The number of aliphatic hydroxyl groups excluding tert-OH is 1. The van der Waals surface area contributed by atoms with Gasteiger partial charge in [0.1, 0.15) is 18.0 Å². The van der Waals surface area contributed by atoms with E-state index in [0.717, 1.165) is 18.2 Å². The number of aliphatic hydroxyl groups is 1. The first-order valence-electron chi connectivity index (χ1n) is 6.86. The van der Waals surface area contributed by atoms with E-state index in [-0.39, 0.29) is 12.0 Å². The minimum absolute atomic E-state index is 0.118. The summed E-state index contributed by atoms with van der Waals surface area (Å²) in [6.07, 6.45) is 3.92. The molecule has 5 heteroatoms. The summed E-state index contributed by atoms with van der Waals surface area (Å²) in [4.78, 5) is 10.3. The second-order valence-corrected chi connectivity index (χ2v) is 5.67. The summed E-state index contributed by atoms with van der Waals surface area (Å²) in [6, 6.07) is 1.91. The summed E-state index contributed by atoms with van der Waals surface area (Å²) in [5.41, 5.74) is 0.261. The Morgan fingerprint density at radius 1 is 1.37 bits per heavy atom. The molecule has 0 aliphatic rings. The van der Waals surface area contributed by atoms with Gasteiger partial charge in [0, 0.05) is 26.2 Å². The normalized spacial score (nSPS) is 11.4. The predicted octanol–water partition coefficient (Wildman–Crippen LogP) is 2.14. The minimum Gasteiger partial charge on any atom is -0.395 e. The maximum Gasteiger partial charge on any atom is 0.133 e. The number of anilines is 2. The van der Waals surface area contributed by atoms with Crippen LogP contribution >= 0.6 is 0 Å². The molecule has 0 radical (unpaired) electrons. The van der Waals surface area contributed by atoms with Crippen molar-refractivity contribution in [2.24, 2.45) is 5.41 Å². The van der Waals surface area contributed by atoms with Gasteiger partial charge in [-0.25, -0.2) is 9.97 Å². The molecule has 1 aromatic rings. The van der Waals surface area contributed by atoms with Crippen molar-refractivity contribution in [3.8, 4) is 0 Å². The summed E-state index contributed by atoms with van der Waals surface area (Å²) >= 11 is 0. The lowest BCUT2D eigenvalue weighted by atomic mass is 9.88. The monoisotopic (exact) mass is 266 g/mol. The number of hydrogen-bond donors (Lipinski definition) is 2. The molecule has 0 bridgehead atoms. The molecule has 0 atom stereocenters. The van der Waals surface area contributed by atoms with Crippen LogP contribution in [0.25, 0.3) is 0 Å². The Morgan fingerprint density at radius 2 is 2.11 bits per heavy atom. The zero-order valence-electron chi connectivity index (χ0n) is 12.5. The number of nitrogens with zero attached hydrogens (tertiary/aromatic N) is 3. The van der Waals surface area contributed by atoms with E-state index in [0.29, 0.717) is 6.54 Å². The number of likely N-dealkylation sites (N-methyl/N-ethyl adjacent to an activating group) is 1. The van der Waals surface area contributed by atoms with Crippen LogP contribution in [0.15, 0.2) is 12.4 Å². The van der Waals surface area contributed by atoms with Gasteiger partial charge in [-0.1, -0.05) is 27.2 Å². The molecule has 1 heterocycles. The number of aromatic nitrogens is 2. The Bertz CT molecular complexity index is 381. The second-order valence-electron chi connectivity index (χ2n) is 5.67. The zero-order chi connectivity index (χ0) is 14.3. The topological polar surface area (TPSA) is 61.3 Å². The van der Waals surface area contributed by atoms with Crippen molar-refractivity contribution in [1.82, 2.24) is 9.97 Å². The van der Waals surface area contributed by atoms with E-state index >= 15 is 0 Å². The van der Waals surface area contributed by atoms with Crippen LogP contribution in [0, 0.1) is 5.41 Å². The van der Waals surface area contributed by atoms with E-state index < -0.39 is 0 Å². The lowest BCUT2D eigenvalue weighted by molar-refractivity contribution is 0.304. The number of nitrogens with one attached hydrogen (secondary N) is 1. The van der Waals surface area contributed by atoms with Gasteiger partial charge in [-0.3, -0.25) is 0 Å². The lowest BCUT2D eigenvalue weighted by Gasteiger charge is -2.25. The fourth-order valence-corrected chi connectivity index (χ4v) is 2.01. The fourth-order valence-electron chi connectivity index (χ4n) is 2.01. The Labute approximate surface area is 116 Å². The van der Waals surface area contributed by atoms with E-state index in [9.17, 15) is 0 Å². The summed E-state index contributed by atoms with van der Waals surface area (Å²) in [5.74, 6) is 1.65. The van der Waals surface area contributed by atoms with E-state index in [1.165, 1.54) is 12.8 Å². The molecule has 0 saturated heterocycles. The first-order chi connectivity index (χ1) is 8.98. The van der Waals surface area contributed by atoms with Crippen LogP contribution in [0.3, 0.4) is 0 Å². The predicted molar refractivity (Wildman–Crippen MR) is 79.6 cm³/mol. The molecule has 0 amide bonds. The van der Waals surface area contributed by atoms with E-state index in [1.54, 1.807) is 6.33 Å². The fraction of sp³-hybridized carbons (Fsp3) is 0.714. The van der Waals surface area contributed by atoms with Crippen LogP contribution in [-0.4, -0.2) is 41.8 Å². The highest BCUT2D eigenvalue weighted by atomic mass is 16.3. The van der Waals surface area contributed by atoms with Crippen molar-refractivity contribution in [3.63, 3.8) is 0 Å². The van der Waals surface area contributed by atoms with Gasteiger partial charge in [0.2, 0.25) is 0 Å². The van der Waals surface area contributed by atoms with Crippen molar-refractivity contribution in [1.29, 1.82) is 0 Å². The average Bonchev–Trinajstić information content (AvgIpc) is 2.37. The van der Waals surface area contributed by atoms with Gasteiger partial charge in [-0.2, -0.15) is 0 Å². The molecule has 0 aromatic carbocycles. The number of hydrogen-bond acceptors (Lipinski definition) is 5. The van der Waals surface area contributed by atoms with Crippen molar-refractivity contribution < 1.29 is 5.11 Å². The van der Waals surface area contributed by atoms with Crippen LogP contribution in [-0.2, 0) is 0 Å². The van der Waals surface area contributed by atoms with E-state index in [2.05, 4.69) is 36.1 Å². The van der Waals surface area contributed by atoms with E-state index in [1.807, 2.05) is 18.0 Å². The first-order valence-corrected chi connectivity index (χ1v) is 6.86. The first kappa shape index (κ1) is 15.7. The Hall–Kier alpha value is -1.36. The quantitative estimate of drug-likeness (QED) is 0.755. The summed E-state index contributed by atoms with van der Waals surface area (Å²) in [6.45, 7) is 8.28. The van der Waals surface area contributed by atoms with Gasteiger partial charge in [0.15, 0.2) is 0 Å². The summed E-state index contributed by atoms with van der Waals surface area (Å²) in [5, 5.41) is 12.3. The molecular weight excluding hydrogens is 240 g/mol. The average molecular weight is 266 g/mol. The van der Waals surface area contributed by atoms with Gasteiger partial charge < -0.3 is 15.3 Å². The molecule has 0 spiro atoms. The highest BCUT2D eigenvalue weighted by molar-refractivity contribution is 5.47. The van der Waals surface area contributed by atoms with Crippen LogP contribution in [0.2, 0.25) is 0 Å². The molecule has 0 saturated carbocycles. The molecule has 1 rings (SSSR count). The summed E-state index contributed by atoms with van der Waals surface area (Å²) in [7, 11) is 1.91. The highest BCUT2D eigenvalue weighted by Crippen LogP contribution is 2.23. The standard InChI is InChI=1S/C14H26N4O/c1-5-6-14(2,3)10-15-12-9-13(17-11-16-12)18(4)7-8-19/h9,11,19H,5-8,10H2,1-4H3,(H,15,16,17). The van der Waals surface area contributed by atoms with Gasteiger partial charge in [0.25, 0.3) is 0 Å². The largest absolute Gasteiger partial charge is 0.395 e. The van der Waals surface area contributed by atoms with Crippen molar-refractivity contribution >= 4 is 11.6 Å². The lowest BCUT2D eigenvalue weighted by Crippen LogP contribution is -2.24. The molecule has 108 valence electrons. The molecule has 1 aromatic heterocycles. The molecule has 5 nitrogen and oxygen atoms in total. The molecule has 0 aliphatic carbocycles. The van der Waals surface area contributed by atoms with Gasteiger partial charge in [-0.15, -0.1) is 0 Å². The zero-order valence-corrected chi connectivity index (χ0v) is 12.5. The third-order valence-corrected chi connectivity index (χ3v) is 3.15. The van der Waals surface area contributed by atoms with Gasteiger partial charge in [-0.05, 0) is 11.8 Å². The summed E-state index contributed by atoms with van der Waals surface area (Å²) < 4.78 is 0. The molecule has 19 heavy (non-hydrogen) atoms. The van der Waals surface area contributed by atoms with Crippen LogP contribution < -0.4 is 10.2 Å². The minimum atomic E-state index is 0.118. The molecule has 0 aliphatic heterocycles. The highest BCUT2D eigenvalue weighted by Gasteiger charge is 2.16. The Balaban J connectivity index is 2.62. The van der Waals surface area contributed by atoms with Crippen LogP contribution in [0.4, 0.5) is 11.6 Å². The smallest absolute Gasteiger partial charge is 0.133 e. The third-order valence-electron chi connectivity index (χ3n) is 3.15. The van der Waals surface area contributed by atoms with Gasteiger partial charge in [0.05, 0.1) is 6.61 Å². The Kier molecular flexibility index (Phi) is 6.02. The third kappa shape index (κ3) is 5.42. The van der Waals surface area contributed by atoms with Crippen molar-refractivity contribution in [2.75, 3.05) is 37.0 Å². The van der Waals surface area contributed by atoms with Crippen molar-refractivity contribution in [2.45, 2.75) is 33.6 Å². The molecular formula is C14H26N4O. The number of rotatable bonds is 8. The van der Waals surface area contributed by atoms with E-state index in [4.69, 9.17) is 5.11 Å². The van der Waals surface area contributed by atoms with Crippen LogP contribution in [0.1, 0.15) is 33.6 Å². The molecule has 0 fully saturated rings. The van der Waals surface area contributed by atoms with Gasteiger partial charge >= 0.3 is 0 Å². The van der Waals surface area contributed by atoms with Crippen LogP contribution in [0.5, 0.6) is 0 Å². The molecule has 2 N–H and O–H groups in total. The maximum atomic E-state index is 8.94. The maximum absolute atomic E-state index is 8.94. The Morgan fingerprint density at radius 3 is 2.74 bits per heavy atom.